The first-order valence-electron chi connectivity index (χ1n) is 11.1. The standard InChI is InChI=1S/C22H24F4N8O/c1-11(9-23)33-15-8-12(4-5-14(15)29-31-33)16-17(24)18(13-6-7-32(2)10-22(13,25)26)34-19(16)20(35-3)28-21(27)30-34/h4-5,8,11,13H,6-7,9-10H2,1-3H3,(H2,27,30)/t11-,13-/m1/s1. The van der Waals surface area contributed by atoms with Crippen molar-refractivity contribution < 1.29 is 22.3 Å². The van der Waals surface area contributed by atoms with Crippen LogP contribution in [-0.4, -0.2) is 74.3 Å². The maximum atomic E-state index is 16.3. The van der Waals surface area contributed by atoms with E-state index < -0.39 is 36.9 Å². The largest absolute Gasteiger partial charge is 0.479 e. The fourth-order valence-corrected chi connectivity index (χ4v) is 4.77. The van der Waals surface area contributed by atoms with E-state index in [9.17, 15) is 4.39 Å². The highest BCUT2D eigenvalue weighted by Crippen LogP contribution is 2.46. The number of alkyl halides is 3. The minimum atomic E-state index is -3.21. The molecule has 4 heterocycles. The van der Waals surface area contributed by atoms with Gasteiger partial charge in [-0.15, -0.1) is 10.2 Å². The van der Waals surface area contributed by atoms with Crippen LogP contribution >= 0.6 is 0 Å². The van der Waals surface area contributed by atoms with E-state index in [1.165, 1.54) is 16.7 Å². The lowest BCUT2D eigenvalue weighted by atomic mass is 9.89. The number of methoxy groups -OCH3 is 1. The Morgan fingerprint density at radius 2 is 2.09 bits per heavy atom. The molecule has 0 aliphatic carbocycles. The Balaban J connectivity index is 1.80. The molecule has 9 nitrogen and oxygen atoms in total. The average molecular weight is 492 g/mol. The summed E-state index contributed by atoms with van der Waals surface area (Å²) in [5.74, 6) is -5.83. The second-order valence-corrected chi connectivity index (χ2v) is 8.89. The molecular weight excluding hydrogens is 468 g/mol. The Bertz CT molecular complexity index is 1420. The number of rotatable bonds is 5. The van der Waals surface area contributed by atoms with Gasteiger partial charge in [-0.3, -0.25) is 0 Å². The number of nitrogens with two attached hydrogens (primary N) is 1. The fourth-order valence-electron chi connectivity index (χ4n) is 4.77. The lowest BCUT2D eigenvalue weighted by Crippen LogP contribution is -2.46. The number of ether oxygens (including phenoxy) is 1. The van der Waals surface area contributed by atoms with E-state index in [0.717, 1.165) is 4.52 Å². The highest BCUT2D eigenvalue weighted by Gasteiger charge is 2.48. The van der Waals surface area contributed by atoms with Crippen LogP contribution in [0.4, 0.5) is 23.5 Å². The molecule has 5 rings (SSSR count). The maximum Gasteiger partial charge on any atom is 0.268 e. The van der Waals surface area contributed by atoms with Gasteiger partial charge in [-0.25, -0.2) is 26.8 Å². The van der Waals surface area contributed by atoms with Crippen molar-refractivity contribution >= 4 is 22.5 Å². The summed E-state index contributed by atoms with van der Waals surface area (Å²) >= 11 is 0. The van der Waals surface area contributed by atoms with Gasteiger partial charge in [0.25, 0.3) is 5.92 Å². The van der Waals surface area contributed by atoms with Crippen molar-refractivity contribution in [2.24, 2.45) is 0 Å². The first-order chi connectivity index (χ1) is 16.7. The summed E-state index contributed by atoms with van der Waals surface area (Å²) in [5, 5.41) is 12.1. The Morgan fingerprint density at radius 3 is 2.77 bits per heavy atom. The van der Waals surface area contributed by atoms with Gasteiger partial charge in [-0.1, -0.05) is 11.3 Å². The van der Waals surface area contributed by atoms with E-state index in [-0.39, 0.29) is 35.0 Å². The molecule has 1 fully saturated rings. The molecule has 0 amide bonds. The van der Waals surface area contributed by atoms with Crippen LogP contribution < -0.4 is 10.5 Å². The third kappa shape index (κ3) is 3.65. The molecule has 2 N–H and O–H groups in total. The molecule has 186 valence electrons. The average Bonchev–Trinajstić information content (AvgIpc) is 3.35. The van der Waals surface area contributed by atoms with Crippen LogP contribution in [-0.2, 0) is 0 Å². The zero-order valence-corrected chi connectivity index (χ0v) is 19.3. The number of nitrogens with zero attached hydrogens (tertiary/aromatic N) is 7. The number of hydrogen-bond acceptors (Lipinski definition) is 7. The third-order valence-corrected chi connectivity index (χ3v) is 6.46. The molecule has 0 saturated carbocycles. The molecule has 1 aliphatic heterocycles. The van der Waals surface area contributed by atoms with Gasteiger partial charge in [0.15, 0.2) is 5.82 Å². The summed E-state index contributed by atoms with van der Waals surface area (Å²) in [6.45, 7) is 0.796. The number of hydrogen-bond donors (Lipinski definition) is 1. The molecule has 2 atom stereocenters. The van der Waals surface area contributed by atoms with Gasteiger partial charge < -0.3 is 15.4 Å². The first-order valence-corrected chi connectivity index (χ1v) is 11.1. The second-order valence-electron chi connectivity index (χ2n) is 8.89. The van der Waals surface area contributed by atoms with Gasteiger partial charge in [0, 0.05) is 0 Å². The van der Waals surface area contributed by atoms with Gasteiger partial charge in [-0.2, -0.15) is 4.98 Å². The molecular formula is C22H24F4N8O. The van der Waals surface area contributed by atoms with Crippen LogP contribution in [0.3, 0.4) is 0 Å². The molecule has 0 spiro atoms. The van der Waals surface area contributed by atoms with E-state index in [0.29, 0.717) is 23.1 Å². The summed E-state index contributed by atoms with van der Waals surface area (Å²) in [4.78, 5) is 5.55. The predicted molar refractivity (Wildman–Crippen MR) is 121 cm³/mol. The zero-order chi connectivity index (χ0) is 25.1. The summed E-state index contributed by atoms with van der Waals surface area (Å²) in [6, 6.07) is 4.19. The van der Waals surface area contributed by atoms with Crippen LogP contribution in [0.1, 0.15) is 31.0 Å². The fraction of sp³-hybridized carbons (Fsp3) is 0.455. The molecule has 1 aromatic carbocycles. The highest BCUT2D eigenvalue weighted by atomic mass is 19.3. The summed E-state index contributed by atoms with van der Waals surface area (Å²) in [5.41, 5.74) is 6.86. The number of aromatic nitrogens is 6. The molecule has 0 bridgehead atoms. The van der Waals surface area contributed by atoms with Crippen LogP contribution in [0.25, 0.3) is 27.7 Å². The zero-order valence-electron chi connectivity index (χ0n) is 19.3. The van der Waals surface area contributed by atoms with Crippen LogP contribution in [0, 0.1) is 5.82 Å². The molecule has 1 aliphatic rings. The van der Waals surface area contributed by atoms with E-state index >= 15 is 13.2 Å². The van der Waals surface area contributed by atoms with Gasteiger partial charge in [0.05, 0.1) is 42.4 Å². The number of anilines is 1. The normalized spacial score (nSPS) is 19.5. The van der Waals surface area contributed by atoms with Crippen molar-refractivity contribution in [3.8, 4) is 17.0 Å². The lowest BCUT2D eigenvalue weighted by molar-refractivity contribution is -0.0788. The van der Waals surface area contributed by atoms with Crippen LogP contribution in [0.5, 0.6) is 5.88 Å². The minimum Gasteiger partial charge on any atom is -0.479 e. The van der Waals surface area contributed by atoms with Gasteiger partial charge >= 0.3 is 0 Å². The maximum absolute atomic E-state index is 16.3. The van der Waals surface area contributed by atoms with Gasteiger partial charge in [0.2, 0.25) is 11.8 Å². The Labute approximate surface area is 197 Å². The van der Waals surface area contributed by atoms with E-state index in [2.05, 4.69) is 20.4 Å². The highest BCUT2D eigenvalue weighted by molar-refractivity contribution is 5.90. The van der Waals surface area contributed by atoms with E-state index in [1.54, 1.807) is 32.2 Å². The van der Waals surface area contributed by atoms with E-state index in [1.807, 2.05) is 0 Å². The second kappa shape index (κ2) is 8.33. The van der Waals surface area contributed by atoms with Crippen molar-refractivity contribution in [3.63, 3.8) is 0 Å². The van der Waals surface area contributed by atoms with E-state index in [4.69, 9.17) is 10.5 Å². The minimum absolute atomic E-state index is 0.0158. The van der Waals surface area contributed by atoms with Crippen LogP contribution in [0.2, 0.25) is 0 Å². The Kier molecular flexibility index (Phi) is 5.54. The number of likely N-dealkylation sites (tertiary alicyclic amines) is 1. The van der Waals surface area contributed by atoms with Crippen molar-refractivity contribution in [1.82, 2.24) is 34.5 Å². The van der Waals surface area contributed by atoms with Crippen molar-refractivity contribution in [1.29, 1.82) is 0 Å². The molecule has 13 heteroatoms. The van der Waals surface area contributed by atoms with Gasteiger partial charge in [-0.05, 0) is 44.6 Å². The number of benzene rings is 1. The molecule has 0 radical (unpaired) electrons. The SMILES string of the molecule is COc1nc(N)nn2c([C@H]3CCN(C)CC3(F)F)c(F)c(-c3ccc4nnn([C@H](C)CF)c4c3)c12. The van der Waals surface area contributed by atoms with Crippen LogP contribution in [0.15, 0.2) is 18.2 Å². The van der Waals surface area contributed by atoms with Crippen molar-refractivity contribution in [2.75, 3.05) is 39.7 Å². The van der Waals surface area contributed by atoms with Crippen molar-refractivity contribution in [3.05, 3.63) is 29.7 Å². The third-order valence-electron chi connectivity index (χ3n) is 6.46. The number of nitrogen functional groups attached to an aromatic ring is 1. The van der Waals surface area contributed by atoms with Crippen molar-refractivity contribution in [2.45, 2.75) is 31.2 Å². The molecule has 1 saturated heterocycles. The quantitative estimate of drug-likeness (QED) is 0.426. The molecule has 35 heavy (non-hydrogen) atoms. The number of fused-ring (bicyclic) bond motifs is 2. The summed E-state index contributed by atoms with van der Waals surface area (Å²) < 4.78 is 67.8. The topological polar surface area (TPSA) is 99.4 Å². The molecule has 0 unspecified atom stereocenters. The Hall–Kier alpha value is -3.48. The first kappa shape index (κ1) is 23.3. The monoisotopic (exact) mass is 492 g/mol. The smallest absolute Gasteiger partial charge is 0.268 e. The predicted octanol–water partition coefficient (Wildman–Crippen LogP) is 3.46. The lowest BCUT2D eigenvalue weighted by Gasteiger charge is -2.36. The summed E-state index contributed by atoms with van der Waals surface area (Å²) in [7, 11) is 2.92. The molecule has 3 aromatic heterocycles. The van der Waals surface area contributed by atoms with Gasteiger partial charge in [0.1, 0.15) is 17.7 Å². The molecule has 4 aromatic rings. The number of halogens is 4. The number of piperidine rings is 1. The Morgan fingerprint density at radius 1 is 1.31 bits per heavy atom. The summed E-state index contributed by atoms with van der Waals surface area (Å²) in [6.07, 6.45) is 0.0158.